The standard InChI is InChI=1S/C34H42N8O9/c35-33(36)37-12-4-8-22-30(47)41(34(51)40-22)17-27(43)38-23(16-28(44)45)29(46)39-24(14-18-10-11-19-5-1-2-6-20(19)13-18)31(48)42-25-9-3-7-21(25)15-26(42)32(49)50/h1-2,5-6,10-11,13,21,23-26,47H,3-4,7-9,12,14-17H2,(H,38,43)(H,39,46)(H,40,51)(H,44,45)(H,49,50)(H4,35,36,37)/t21-,23-,24-,25-,26-/m0/s1. The maximum Gasteiger partial charge on any atom is 0.329 e. The van der Waals surface area contributed by atoms with Gasteiger partial charge < -0.3 is 47.3 Å². The Balaban J connectivity index is 1.36. The number of imidazole rings is 1. The van der Waals surface area contributed by atoms with Crippen molar-refractivity contribution in [3.63, 3.8) is 0 Å². The van der Waals surface area contributed by atoms with Gasteiger partial charge in [0.05, 0.1) is 12.1 Å². The smallest absolute Gasteiger partial charge is 0.329 e. The van der Waals surface area contributed by atoms with Gasteiger partial charge >= 0.3 is 17.6 Å². The topological polar surface area (TPSA) is 276 Å². The molecule has 3 amide bonds. The van der Waals surface area contributed by atoms with Crippen LogP contribution in [-0.4, -0.2) is 96.1 Å². The average Bonchev–Trinajstić information content (AvgIpc) is 3.75. The van der Waals surface area contributed by atoms with Crippen LogP contribution in [0.1, 0.15) is 49.8 Å². The van der Waals surface area contributed by atoms with Crippen LogP contribution >= 0.6 is 0 Å². The van der Waals surface area contributed by atoms with Crippen LogP contribution in [0.2, 0.25) is 0 Å². The summed E-state index contributed by atoms with van der Waals surface area (Å²) in [4.78, 5) is 85.4. The SMILES string of the molecule is NC(N)=NCCCc1[nH]c(=O)n(CC(=O)N[C@@H](CC(=O)O)C(=O)N[C@@H](Cc2ccc3ccccc3c2)C(=O)N2[C@H](C(=O)O)C[C@@H]3CCC[C@@H]32)c1O. The van der Waals surface area contributed by atoms with Crippen LogP contribution in [0, 0.1) is 5.92 Å². The number of aromatic nitrogens is 2. The molecule has 1 saturated heterocycles. The van der Waals surface area contributed by atoms with Crippen molar-refractivity contribution in [3.05, 3.63) is 64.2 Å². The number of nitrogens with zero attached hydrogens (tertiary/aromatic N) is 3. The highest BCUT2D eigenvalue weighted by Gasteiger charge is 2.50. The van der Waals surface area contributed by atoms with E-state index in [2.05, 4.69) is 20.6 Å². The van der Waals surface area contributed by atoms with Gasteiger partial charge in [-0.25, -0.2) is 9.59 Å². The number of aromatic hydroxyl groups is 1. The van der Waals surface area contributed by atoms with Crippen molar-refractivity contribution in [1.82, 2.24) is 25.1 Å². The van der Waals surface area contributed by atoms with Crippen molar-refractivity contribution >= 4 is 46.4 Å². The molecule has 1 saturated carbocycles. The summed E-state index contributed by atoms with van der Waals surface area (Å²) in [7, 11) is 0. The van der Waals surface area contributed by atoms with Gasteiger partial charge in [0.15, 0.2) is 5.96 Å². The number of aryl methyl sites for hydroxylation is 1. The minimum absolute atomic E-state index is 0.0122. The maximum absolute atomic E-state index is 14.3. The molecule has 2 aliphatic rings. The van der Waals surface area contributed by atoms with E-state index in [0.29, 0.717) is 24.8 Å². The van der Waals surface area contributed by atoms with Crippen molar-refractivity contribution in [2.45, 2.75) is 82.1 Å². The van der Waals surface area contributed by atoms with Gasteiger partial charge in [-0.05, 0) is 54.4 Å². The largest absolute Gasteiger partial charge is 0.493 e. The summed E-state index contributed by atoms with van der Waals surface area (Å²) in [6, 6.07) is 8.66. The van der Waals surface area contributed by atoms with E-state index in [4.69, 9.17) is 11.5 Å². The lowest BCUT2D eigenvalue weighted by atomic mass is 9.99. The number of amides is 3. The fraction of sp³-hybridized carbons (Fsp3) is 0.441. The van der Waals surface area contributed by atoms with E-state index in [1.807, 2.05) is 36.4 Å². The Morgan fingerprint density at radius 1 is 1.00 bits per heavy atom. The van der Waals surface area contributed by atoms with Crippen molar-refractivity contribution in [2.75, 3.05) is 6.54 Å². The number of carboxylic acids is 2. The van der Waals surface area contributed by atoms with E-state index < -0.39 is 72.3 Å². The number of hydrogen-bond donors (Lipinski definition) is 8. The summed E-state index contributed by atoms with van der Waals surface area (Å²) in [6.45, 7) is -0.531. The molecule has 5 atom stereocenters. The van der Waals surface area contributed by atoms with Crippen LogP contribution in [0.25, 0.3) is 10.8 Å². The number of hydrogen-bond acceptors (Lipinski definition) is 8. The van der Waals surface area contributed by atoms with Gasteiger partial charge in [-0.15, -0.1) is 0 Å². The molecular weight excluding hydrogens is 664 g/mol. The second kappa shape index (κ2) is 15.8. The normalized spacial score (nSPS) is 19.2. The van der Waals surface area contributed by atoms with Crippen LogP contribution in [0.4, 0.5) is 0 Å². The minimum atomic E-state index is -1.69. The molecule has 1 aromatic heterocycles. The highest BCUT2D eigenvalue weighted by Crippen LogP contribution is 2.41. The van der Waals surface area contributed by atoms with E-state index in [1.54, 1.807) is 6.07 Å². The molecule has 1 aliphatic carbocycles. The van der Waals surface area contributed by atoms with Gasteiger partial charge in [0, 0.05) is 19.0 Å². The summed E-state index contributed by atoms with van der Waals surface area (Å²) in [5, 5.41) is 37.0. The molecule has 10 N–H and O–H groups in total. The Labute approximate surface area is 291 Å². The molecule has 272 valence electrons. The first-order valence-electron chi connectivity index (χ1n) is 16.7. The Hall–Kier alpha value is -5.87. The number of carbonyl (C=O) groups excluding carboxylic acids is 3. The number of aliphatic imine (C=N–C) groups is 1. The van der Waals surface area contributed by atoms with E-state index in [-0.39, 0.29) is 43.0 Å². The summed E-state index contributed by atoms with van der Waals surface area (Å²) in [5.41, 5.74) is 10.6. The summed E-state index contributed by atoms with van der Waals surface area (Å²) in [5.74, 6) is -5.78. The highest BCUT2D eigenvalue weighted by atomic mass is 16.4. The Morgan fingerprint density at radius 2 is 1.75 bits per heavy atom. The number of carbonyl (C=O) groups is 5. The third-order valence-electron chi connectivity index (χ3n) is 9.49. The predicted molar refractivity (Wildman–Crippen MR) is 183 cm³/mol. The molecule has 5 rings (SSSR count). The number of guanidine groups is 1. The lowest BCUT2D eigenvalue weighted by molar-refractivity contribution is -0.151. The first kappa shape index (κ1) is 36.4. The third-order valence-corrected chi connectivity index (χ3v) is 9.49. The zero-order valence-electron chi connectivity index (χ0n) is 27.8. The Morgan fingerprint density at radius 3 is 2.45 bits per heavy atom. The number of fused-ring (bicyclic) bond motifs is 2. The number of nitrogens with one attached hydrogen (secondary N) is 3. The molecule has 3 aromatic rings. The molecule has 0 radical (unpaired) electrons. The quantitative estimate of drug-likeness (QED) is 0.0581. The second-order valence-corrected chi connectivity index (χ2v) is 13.0. The van der Waals surface area contributed by atoms with E-state index >= 15 is 0 Å². The fourth-order valence-electron chi connectivity index (χ4n) is 7.14. The number of aromatic amines is 1. The van der Waals surface area contributed by atoms with Crippen molar-refractivity contribution < 1.29 is 39.3 Å². The van der Waals surface area contributed by atoms with E-state index in [0.717, 1.165) is 28.2 Å². The lowest BCUT2D eigenvalue weighted by Gasteiger charge is -2.32. The number of likely N-dealkylation sites (tertiary alicyclic amines) is 1. The van der Waals surface area contributed by atoms with Crippen molar-refractivity contribution in [2.24, 2.45) is 22.4 Å². The molecule has 2 aromatic carbocycles. The maximum atomic E-state index is 14.3. The summed E-state index contributed by atoms with van der Waals surface area (Å²) < 4.78 is 0.727. The third kappa shape index (κ3) is 8.66. The number of nitrogens with two attached hydrogens (primary N) is 2. The van der Waals surface area contributed by atoms with E-state index in [1.165, 1.54) is 4.90 Å². The molecule has 2 fully saturated rings. The molecule has 17 nitrogen and oxygen atoms in total. The van der Waals surface area contributed by atoms with Gasteiger partial charge in [-0.3, -0.25) is 28.7 Å². The Kier molecular flexibility index (Phi) is 11.3. The monoisotopic (exact) mass is 706 g/mol. The number of benzene rings is 2. The van der Waals surface area contributed by atoms with Crippen LogP contribution in [0.3, 0.4) is 0 Å². The summed E-state index contributed by atoms with van der Waals surface area (Å²) >= 11 is 0. The van der Waals surface area contributed by atoms with Gasteiger partial charge in [-0.1, -0.05) is 48.9 Å². The molecule has 0 bridgehead atoms. The number of carboxylic acid groups (broad SMARTS) is 2. The predicted octanol–water partition coefficient (Wildman–Crippen LogP) is -0.218. The Bertz CT molecular complexity index is 1900. The molecule has 2 heterocycles. The first-order chi connectivity index (χ1) is 24.3. The molecule has 0 unspecified atom stereocenters. The highest BCUT2D eigenvalue weighted by molar-refractivity contribution is 5.95. The van der Waals surface area contributed by atoms with Gasteiger partial charge in [-0.2, -0.15) is 0 Å². The van der Waals surface area contributed by atoms with Crippen LogP contribution < -0.4 is 27.8 Å². The summed E-state index contributed by atoms with van der Waals surface area (Å²) in [6.07, 6.45) is 2.16. The minimum Gasteiger partial charge on any atom is -0.493 e. The molecular formula is C34H42N8O9. The second-order valence-electron chi connectivity index (χ2n) is 13.0. The van der Waals surface area contributed by atoms with E-state index in [9.17, 15) is 44.1 Å². The average molecular weight is 707 g/mol. The van der Waals surface area contributed by atoms with Gasteiger partial charge in [0.25, 0.3) is 0 Å². The molecule has 17 heteroatoms. The van der Waals surface area contributed by atoms with Crippen molar-refractivity contribution in [3.8, 4) is 5.88 Å². The number of rotatable bonds is 15. The molecule has 0 spiro atoms. The molecule has 51 heavy (non-hydrogen) atoms. The van der Waals surface area contributed by atoms with Crippen LogP contribution in [0.5, 0.6) is 5.88 Å². The zero-order chi connectivity index (χ0) is 36.8. The first-order valence-corrected chi connectivity index (χ1v) is 16.7. The number of H-pyrrole nitrogens is 1. The van der Waals surface area contributed by atoms with Crippen LogP contribution in [-0.2, 0) is 43.4 Å². The lowest BCUT2D eigenvalue weighted by Crippen LogP contribution is -2.58. The molecule has 1 aliphatic heterocycles. The van der Waals surface area contributed by atoms with Crippen molar-refractivity contribution in [1.29, 1.82) is 0 Å². The zero-order valence-corrected chi connectivity index (χ0v) is 27.8. The van der Waals surface area contributed by atoms with Crippen LogP contribution in [0.15, 0.2) is 52.3 Å². The fourth-order valence-corrected chi connectivity index (χ4v) is 7.14. The van der Waals surface area contributed by atoms with Gasteiger partial charge in [0.1, 0.15) is 24.7 Å². The van der Waals surface area contributed by atoms with Gasteiger partial charge in [0.2, 0.25) is 23.6 Å². The number of aliphatic carboxylic acids is 2.